The van der Waals surface area contributed by atoms with E-state index in [9.17, 15) is 9.59 Å². The first-order chi connectivity index (χ1) is 4.95. The molecule has 0 saturated carbocycles. The minimum absolute atomic E-state index is 0.297. The summed E-state index contributed by atoms with van der Waals surface area (Å²) in [5, 5.41) is -0.766. The molecule has 0 aliphatic carbocycles. The normalized spacial score (nSPS) is 12.8. The number of carbonyl (C=O) groups excluding carboxylic acids is 2. The van der Waals surface area contributed by atoms with E-state index in [2.05, 4.69) is 4.74 Å². The van der Waals surface area contributed by atoms with Gasteiger partial charge in [0, 0.05) is 0 Å². The number of carbonyl (C=O) groups is 2. The zero-order valence-electron chi connectivity index (χ0n) is 6.76. The second kappa shape index (κ2) is 4.34. The summed E-state index contributed by atoms with van der Waals surface area (Å²) in [6.07, 6.45) is 0. The van der Waals surface area contributed by atoms with Crippen LogP contribution in [0.1, 0.15) is 20.8 Å². The molecule has 0 saturated heterocycles. The average molecular weight is 179 g/mol. The molecule has 0 spiro atoms. The molecule has 1 unspecified atom stereocenters. The summed E-state index contributed by atoms with van der Waals surface area (Å²) in [4.78, 5) is 21.4. The maximum atomic E-state index is 10.8. The SMILES string of the molecule is CC(C)C(=O)OC(=O)C(C)Cl. The molecule has 0 rings (SSSR count). The summed E-state index contributed by atoms with van der Waals surface area (Å²) in [5.74, 6) is -1.53. The van der Waals surface area contributed by atoms with Crippen molar-refractivity contribution in [1.82, 2.24) is 0 Å². The molecule has 0 amide bonds. The van der Waals surface area contributed by atoms with Crippen molar-refractivity contribution in [2.24, 2.45) is 5.92 Å². The Morgan fingerprint density at radius 3 is 1.91 bits per heavy atom. The second-order valence-electron chi connectivity index (χ2n) is 2.51. The largest absolute Gasteiger partial charge is 0.392 e. The summed E-state index contributed by atoms with van der Waals surface area (Å²) in [5.41, 5.74) is 0. The van der Waals surface area contributed by atoms with Crippen LogP contribution in [-0.4, -0.2) is 17.3 Å². The highest BCUT2D eigenvalue weighted by Crippen LogP contribution is 2.01. The van der Waals surface area contributed by atoms with E-state index in [1.165, 1.54) is 6.92 Å². The molecule has 0 radical (unpaired) electrons. The van der Waals surface area contributed by atoms with Gasteiger partial charge in [-0.3, -0.25) is 4.79 Å². The summed E-state index contributed by atoms with van der Waals surface area (Å²) in [6, 6.07) is 0. The molecular weight excluding hydrogens is 168 g/mol. The van der Waals surface area contributed by atoms with E-state index in [0.29, 0.717) is 0 Å². The van der Waals surface area contributed by atoms with Crippen LogP contribution in [0.2, 0.25) is 0 Å². The van der Waals surface area contributed by atoms with Gasteiger partial charge in [-0.25, -0.2) is 4.79 Å². The molecule has 0 aliphatic rings. The fourth-order valence-electron chi connectivity index (χ4n) is 0.298. The third kappa shape index (κ3) is 3.98. The molecule has 0 N–H and O–H groups in total. The molecule has 11 heavy (non-hydrogen) atoms. The van der Waals surface area contributed by atoms with Gasteiger partial charge in [0.15, 0.2) is 0 Å². The topological polar surface area (TPSA) is 43.4 Å². The number of esters is 2. The molecule has 64 valence electrons. The minimum Gasteiger partial charge on any atom is -0.392 e. The van der Waals surface area contributed by atoms with E-state index in [4.69, 9.17) is 11.6 Å². The molecular formula is C7H11ClO3. The molecule has 0 bridgehead atoms. The maximum Gasteiger partial charge on any atom is 0.331 e. The fraction of sp³-hybridized carbons (Fsp3) is 0.714. The van der Waals surface area contributed by atoms with E-state index in [0.717, 1.165) is 0 Å². The van der Waals surface area contributed by atoms with Crippen LogP contribution in [0.5, 0.6) is 0 Å². The van der Waals surface area contributed by atoms with E-state index >= 15 is 0 Å². The first-order valence-electron chi connectivity index (χ1n) is 3.34. The Balaban J connectivity index is 3.86. The van der Waals surface area contributed by atoms with Gasteiger partial charge in [0.25, 0.3) is 0 Å². The number of alkyl halides is 1. The predicted molar refractivity (Wildman–Crippen MR) is 41.3 cm³/mol. The standard InChI is InChI=1S/C7H11ClO3/c1-4(2)6(9)11-7(10)5(3)8/h4-5H,1-3H3. The molecule has 3 nitrogen and oxygen atoms in total. The van der Waals surface area contributed by atoms with Gasteiger partial charge < -0.3 is 4.74 Å². The number of hydrogen-bond donors (Lipinski definition) is 0. The lowest BCUT2D eigenvalue weighted by atomic mass is 10.2. The van der Waals surface area contributed by atoms with Crippen molar-refractivity contribution in [1.29, 1.82) is 0 Å². The van der Waals surface area contributed by atoms with Gasteiger partial charge in [0.05, 0.1) is 5.92 Å². The number of rotatable bonds is 2. The van der Waals surface area contributed by atoms with Gasteiger partial charge in [-0.1, -0.05) is 13.8 Å². The maximum absolute atomic E-state index is 10.8. The van der Waals surface area contributed by atoms with Crippen LogP contribution in [0.25, 0.3) is 0 Å². The van der Waals surface area contributed by atoms with Gasteiger partial charge in [-0.05, 0) is 6.92 Å². The smallest absolute Gasteiger partial charge is 0.331 e. The van der Waals surface area contributed by atoms with E-state index in [1.54, 1.807) is 13.8 Å². The molecule has 0 aliphatic heterocycles. The zero-order valence-corrected chi connectivity index (χ0v) is 7.51. The van der Waals surface area contributed by atoms with Crippen molar-refractivity contribution >= 4 is 23.5 Å². The van der Waals surface area contributed by atoms with Gasteiger partial charge in [-0.15, -0.1) is 11.6 Å². The minimum atomic E-state index is -0.766. The van der Waals surface area contributed by atoms with E-state index in [-0.39, 0.29) is 5.92 Å². The van der Waals surface area contributed by atoms with Crippen molar-refractivity contribution in [3.05, 3.63) is 0 Å². The fourth-order valence-corrected chi connectivity index (χ4v) is 0.343. The number of halogens is 1. The van der Waals surface area contributed by atoms with Crippen LogP contribution in [0.4, 0.5) is 0 Å². The van der Waals surface area contributed by atoms with Crippen LogP contribution in [0.3, 0.4) is 0 Å². The van der Waals surface area contributed by atoms with Crippen LogP contribution in [-0.2, 0) is 14.3 Å². The van der Waals surface area contributed by atoms with Gasteiger partial charge in [0.2, 0.25) is 0 Å². The zero-order chi connectivity index (χ0) is 9.02. The van der Waals surface area contributed by atoms with Crippen LogP contribution in [0, 0.1) is 5.92 Å². The lowest BCUT2D eigenvalue weighted by molar-refractivity contribution is -0.161. The highest BCUT2D eigenvalue weighted by molar-refractivity contribution is 6.30. The molecule has 0 aromatic carbocycles. The molecule has 4 heteroatoms. The first-order valence-corrected chi connectivity index (χ1v) is 3.78. The van der Waals surface area contributed by atoms with Gasteiger partial charge in [-0.2, -0.15) is 0 Å². The number of hydrogen-bond acceptors (Lipinski definition) is 3. The highest BCUT2D eigenvalue weighted by Gasteiger charge is 2.17. The Morgan fingerprint density at radius 2 is 1.64 bits per heavy atom. The summed E-state index contributed by atoms with van der Waals surface area (Å²) >= 11 is 5.35. The van der Waals surface area contributed by atoms with Gasteiger partial charge >= 0.3 is 11.9 Å². The molecule has 0 heterocycles. The van der Waals surface area contributed by atoms with Crippen LogP contribution >= 0.6 is 11.6 Å². The van der Waals surface area contributed by atoms with Crippen LogP contribution in [0.15, 0.2) is 0 Å². The molecule has 0 aromatic heterocycles. The van der Waals surface area contributed by atoms with Crippen LogP contribution < -0.4 is 0 Å². The quantitative estimate of drug-likeness (QED) is 0.364. The van der Waals surface area contributed by atoms with E-state index < -0.39 is 17.3 Å². The molecule has 1 atom stereocenters. The third-order valence-electron chi connectivity index (χ3n) is 0.997. The van der Waals surface area contributed by atoms with Crippen molar-refractivity contribution in [3.8, 4) is 0 Å². The monoisotopic (exact) mass is 178 g/mol. The Kier molecular flexibility index (Phi) is 4.11. The highest BCUT2D eigenvalue weighted by atomic mass is 35.5. The Hall–Kier alpha value is -0.570. The predicted octanol–water partition coefficient (Wildman–Crippen LogP) is 1.34. The Labute approximate surface area is 70.7 Å². The molecule has 0 aromatic rings. The Bertz CT molecular complexity index is 145. The Morgan fingerprint density at radius 1 is 1.18 bits per heavy atom. The van der Waals surface area contributed by atoms with Crippen molar-refractivity contribution in [2.45, 2.75) is 26.1 Å². The lowest BCUT2D eigenvalue weighted by Crippen LogP contribution is -2.22. The third-order valence-corrected chi connectivity index (χ3v) is 1.18. The summed E-state index contributed by atoms with van der Waals surface area (Å²) in [7, 11) is 0. The summed E-state index contributed by atoms with van der Waals surface area (Å²) in [6.45, 7) is 4.75. The lowest BCUT2D eigenvalue weighted by Gasteiger charge is -2.05. The summed E-state index contributed by atoms with van der Waals surface area (Å²) < 4.78 is 4.36. The number of ether oxygens (including phenoxy) is 1. The van der Waals surface area contributed by atoms with Gasteiger partial charge in [0.1, 0.15) is 5.38 Å². The van der Waals surface area contributed by atoms with E-state index in [1.807, 2.05) is 0 Å². The molecule has 0 fully saturated rings. The first kappa shape index (κ1) is 10.4. The van der Waals surface area contributed by atoms with Crippen molar-refractivity contribution in [2.75, 3.05) is 0 Å². The second-order valence-corrected chi connectivity index (χ2v) is 3.17. The van der Waals surface area contributed by atoms with Crippen molar-refractivity contribution < 1.29 is 14.3 Å². The average Bonchev–Trinajstić information content (AvgIpc) is 1.87. The van der Waals surface area contributed by atoms with Crippen molar-refractivity contribution in [3.63, 3.8) is 0 Å².